The highest BCUT2D eigenvalue weighted by Crippen LogP contribution is 2.42. The molecule has 2 rings (SSSR count). The SMILES string of the molecule is CCNCC1CCC(C)(C)CC1Cc1ccn(C(C)C)n1. The zero-order valence-electron chi connectivity index (χ0n) is 14.5. The molecule has 1 aliphatic rings. The lowest BCUT2D eigenvalue weighted by Crippen LogP contribution is -2.37. The van der Waals surface area contributed by atoms with Gasteiger partial charge in [-0.1, -0.05) is 20.8 Å². The van der Waals surface area contributed by atoms with Crippen molar-refractivity contribution in [3.05, 3.63) is 18.0 Å². The summed E-state index contributed by atoms with van der Waals surface area (Å²) in [6.45, 7) is 13.7. The zero-order chi connectivity index (χ0) is 15.5. The number of hydrogen-bond donors (Lipinski definition) is 1. The van der Waals surface area contributed by atoms with Gasteiger partial charge >= 0.3 is 0 Å². The van der Waals surface area contributed by atoms with Gasteiger partial charge in [-0.05, 0) is 75.9 Å². The summed E-state index contributed by atoms with van der Waals surface area (Å²) < 4.78 is 2.09. The molecule has 2 atom stereocenters. The van der Waals surface area contributed by atoms with Crippen molar-refractivity contribution in [1.29, 1.82) is 0 Å². The van der Waals surface area contributed by atoms with E-state index in [0.29, 0.717) is 11.5 Å². The summed E-state index contributed by atoms with van der Waals surface area (Å²) in [6.07, 6.45) is 7.32. The molecule has 1 aromatic rings. The van der Waals surface area contributed by atoms with Gasteiger partial charge in [0.1, 0.15) is 0 Å². The third kappa shape index (κ3) is 4.57. The molecule has 3 heteroatoms. The Labute approximate surface area is 130 Å². The fourth-order valence-electron chi connectivity index (χ4n) is 3.67. The molecule has 2 unspecified atom stereocenters. The van der Waals surface area contributed by atoms with Crippen molar-refractivity contribution in [3.63, 3.8) is 0 Å². The smallest absolute Gasteiger partial charge is 0.0627 e. The average molecular weight is 291 g/mol. The van der Waals surface area contributed by atoms with E-state index in [-0.39, 0.29) is 0 Å². The maximum absolute atomic E-state index is 4.76. The van der Waals surface area contributed by atoms with E-state index in [0.717, 1.165) is 24.8 Å². The standard InChI is InChI=1S/C18H33N3/c1-6-19-13-15-7-9-18(4,5)12-16(15)11-17-8-10-21(20-17)14(2)3/h8,10,14-16,19H,6-7,9,11-13H2,1-5H3. The third-order valence-electron chi connectivity index (χ3n) is 4.99. The minimum atomic E-state index is 0.458. The van der Waals surface area contributed by atoms with Gasteiger partial charge in [0.05, 0.1) is 5.69 Å². The Morgan fingerprint density at radius 2 is 2.14 bits per heavy atom. The molecule has 1 saturated carbocycles. The van der Waals surface area contributed by atoms with Crippen LogP contribution in [0.5, 0.6) is 0 Å². The fourth-order valence-corrected chi connectivity index (χ4v) is 3.67. The van der Waals surface area contributed by atoms with E-state index < -0.39 is 0 Å². The van der Waals surface area contributed by atoms with Crippen LogP contribution in [-0.2, 0) is 6.42 Å². The van der Waals surface area contributed by atoms with Crippen molar-refractivity contribution >= 4 is 0 Å². The highest BCUT2D eigenvalue weighted by Gasteiger charge is 2.34. The first-order valence-corrected chi connectivity index (χ1v) is 8.66. The second kappa shape index (κ2) is 6.95. The van der Waals surface area contributed by atoms with Gasteiger partial charge in [-0.3, -0.25) is 4.68 Å². The van der Waals surface area contributed by atoms with E-state index in [1.165, 1.54) is 31.5 Å². The first kappa shape index (κ1) is 16.5. The minimum absolute atomic E-state index is 0.458. The fraction of sp³-hybridized carbons (Fsp3) is 0.833. The number of nitrogens with zero attached hydrogens (tertiary/aromatic N) is 2. The van der Waals surface area contributed by atoms with Gasteiger partial charge in [0.25, 0.3) is 0 Å². The Morgan fingerprint density at radius 1 is 1.38 bits per heavy atom. The molecule has 1 aromatic heterocycles. The lowest BCUT2D eigenvalue weighted by molar-refractivity contribution is 0.115. The first-order chi connectivity index (χ1) is 9.91. The topological polar surface area (TPSA) is 29.9 Å². The van der Waals surface area contributed by atoms with Crippen molar-refractivity contribution in [2.75, 3.05) is 13.1 Å². The van der Waals surface area contributed by atoms with Crippen LogP contribution in [0.4, 0.5) is 0 Å². The first-order valence-electron chi connectivity index (χ1n) is 8.66. The average Bonchev–Trinajstić information content (AvgIpc) is 2.86. The molecule has 1 heterocycles. The van der Waals surface area contributed by atoms with E-state index in [2.05, 4.69) is 56.9 Å². The zero-order valence-corrected chi connectivity index (χ0v) is 14.5. The van der Waals surface area contributed by atoms with E-state index in [4.69, 9.17) is 5.10 Å². The number of hydrogen-bond acceptors (Lipinski definition) is 2. The Morgan fingerprint density at radius 3 is 2.76 bits per heavy atom. The van der Waals surface area contributed by atoms with Crippen LogP contribution in [0, 0.1) is 17.3 Å². The molecule has 3 nitrogen and oxygen atoms in total. The van der Waals surface area contributed by atoms with Crippen LogP contribution in [0.2, 0.25) is 0 Å². The van der Waals surface area contributed by atoms with Gasteiger partial charge in [0, 0.05) is 12.2 Å². The van der Waals surface area contributed by atoms with Gasteiger partial charge in [-0.25, -0.2) is 0 Å². The van der Waals surface area contributed by atoms with Crippen LogP contribution in [0.1, 0.15) is 65.6 Å². The number of nitrogens with one attached hydrogen (secondary N) is 1. The minimum Gasteiger partial charge on any atom is -0.317 e. The highest BCUT2D eigenvalue weighted by molar-refractivity contribution is 5.03. The molecule has 0 bridgehead atoms. The molecule has 0 aliphatic heterocycles. The van der Waals surface area contributed by atoms with E-state index in [1.54, 1.807) is 0 Å². The molecule has 0 aromatic carbocycles. The molecule has 0 radical (unpaired) electrons. The maximum Gasteiger partial charge on any atom is 0.0627 e. The van der Waals surface area contributed by atoms with Gasteiger partial charge < -0.3 is 5.32 Å². The van der Waals surface area contributed by atoms with Crippen molar-refractivity contribution in [2.45, 2.75) is 66.3 Å². The van der Waals surface area contributed by atoms with Gasteiger partial charge in [0.2, 0.25) is 0 Å². The van der Waals surface area contributed by atoms with Crippen LogP contribution < -0.4 is 5.32 Å². The summed E-state index contributed by atoms with van der Waals surface area (Å²) >= 11 is 0. The largest absolute Gasteiger partial charge is 0.317 e. The Balaban J connectivity index is 2.04. The molecule has 0 amide bonds. The summed E-state index contributed by atoms with van der Waals surface area (Å²) in [5.41, 5.74) is 1.77. The van der Waals surface area contributed by atoms with Crippen LogP contribution >= 0.6 is 0 Å². The van der Waals surface area contributed by atoms with Crippen LogP contribution in [0.3, 0.4) is 0 Å². The van der Waals surface area contributed by atoms with Gasteiger partial charge in [0.15, 0.2) is 0 Å². The van der Waals surface area contributed by atoms with Crippen molar-refractivity contribution < 1.29 is 0 Å². The van der Waals surface area contributed by atoms with E-state index in [9.17, 15) is 0 Å². The summed E-state index contributed by atoms with van der Waals surface area (Å²) in [7, 11) is 0. The number of aromatic nitrogens is 2. The Hall–Kier alpha value is -0.830. The Kier molecular flexibility index (Phi) is 5.48. The summed E-state index contributed by atoms with van der Waals surface area (Å²) in [5.74, 6) is 1.57. The second-order valence-corrected chi connectivity index (χ2v) is 7.82. The summed E-state index contributed by atoms with van der Waals surface area (Å²) in [5, 5.41) is 8.32. The normalized spacial score (nSPS) is 25.4. The van der Waals surface area contributed by atoms with Gasteiger partial charge in [-0.15, -0.1) is 0 Å². The van der Waals surface area contributed by atoms with Crippen molar-refractivity contribution in [2.24, 2.45) is 17.3 Å². The van der Waals surface area contributed by atoms with Crippen LogP contribution in [0.25, 0.3) is 0 Å². The van der Waals surface area contributed by atoms with Crippen molar-refractivity contribution in [3.8, 4) is 0 Å². The molecule has 0 spiro atoms. The molecule has 1 aliphatic carbocycles. The Bertz CT molecular complexity index is 433. The van der Waals surface area contributed by atoms with Crippen LogP contribution in [-0.4, -0.2) is 22.9 Å². The monoisotopic (exact) mass is 291 g/mol. The maximum atomic E-state index is 4.76. The predicted molar refractivity (Wildman–Crippen MR) is 89.5 cm³/mol. The van der Waals surface area contributed by atoms with E-state index >= 15 is 0 Å². The molecule has 1 fully saturated rings. The van der Waals surface area contributed by atoms with Gasteiger partial charge in [-0.2, -0.15) is 5.10 Å². The van der Waals surface area contributed by atoms with E-state index in [1.807, 2.05) is 0 Å². The summed E-state index contributed by atoms with van der Waals surface area (Å²) in [4.78, 5) is 0. The molecule has 21 heavy (non-hydrogen) atoms. The molecule has 120 valence electrons. The third-order valence-corrected chi connectivity index (χ3v) is 4.99. The molecular weight excluding hydrogens is 258 g/mol. The summed E-state index contributed by atoms with van der Waals surface area (Å²) in [6, 6.07) is 2.67. The quantitative estimate of drug-likeness (QED) is 0.856. The van der Waals surface area contributed by atoms with Crippen molar-refractivity contribution in [1.82, 2.24) is 15.1 Å². The predicted octanol–water partition coefficient (Wildman–Crippen LogP) is 4.06. The highest BCUT2D eigenvalue weighted by atomic mass is 15.3. The lowest BCUT2D eigenvalue weighted by Gasteiger charge is -2.41. The second-order valence-electron chi connectivity index (χ2n) is 7.82. The number of rotatable bonds is 6. The molecule has 1 N–H and O–H groups in total. The molecule has 0 saturated heterocycles. The van der Waals surface area contributed by atoms with Crippen LogP contribution in [0.15, 0.2) is 12.3 Å². The lowest BCUT2D eigenvalue weighted by atomic mass is 9.66. The molecular formula is C18H33N3.